The van der Waals surface area contributed by atoms with Crippen molar-refractivity contribution < 1.29 is 14.3 Å². The van der Waals surface area contributed by atoms with Gasteiger partial charge in [0.05, 0.1) is 29.4 Å². The van der Waals surface area contributed by atoms with E-state index in [9.17, 15) is 9.59 Å². The van der Waals surface area contributed by atoms with Crippen molar-refractivity contribution >= 4 is 40.5 Å². The van der Waals surface area contributed by atoms with Crippen molar-refractivity contribution in [3.8, 4) is 5.75 Å². The first-order chi connectivity index (χ1) is 14.6. The highest BCUT2D eigenvalue weighted by atomic mass is 35.5. The Morgan fingerprint density at radius 1 is 1.10 bits per heavy atom. The summed E-state index contributed by atoms with van der Waals surface area (Å²) in [5, 5.41) is 3.56. The largest absolute Gasteiger partial charge is 0.495 e. The van der Waals surface area contributed by atoms with E-state index >= 15 is 0 Å². The molecule has 0 aromatic heterocycles. The Kier molecular flexibility index (Phi) is 6.13. The Hall–Kier alpha value is -2.73. The number of carbonyl (C=O) groups is 2. The van der Waals surface area contributed by atoms with Crippen LogP contribution in [-0.4, -0.2) is 38.6 Å². The fourth-order valence-electron chi connectivity index (χ4n) is 4.19. The number of anilines is 3. The molecule has 4 rings (SSSR count). The summed E-state index contributed by atoms with van der Waals surface area (Å²) in [6.07, 6.45) is 3.78. The molecule has 0 aliphatic carbocycles. The van der Waals surface area contributed by atoms with Crippen LogP contribution in [0.2, 0.25) is 5.02 Å². The summed E-state index contributed by atoms with van der Waals surface area (Å²) in [4.78, 5) is 29.3. The molecule has 2 aliphatic heterocycles. The number of nitrogens with zero attached hydrogens (tertiary/aromatic N) is 2. The lowest BCUT2D eigenvalue weighted by Crippen LogP contribution is -2.30. The van der Waals surface area contributed by atoms with Crippen molar-refractivity contribution in [3.05, 3.63) is 47.5 Å². The number of piperidine rings is 1. The fraction of sp³-hybridized carbons (Fsp3) is 0.391. The Balaban J connectivity index is 1.43. The van der Waals surface area contributed by atoms with E-state index in [2.05, 4.69) is 10.2 Å². The molecule has 1 unspecified atom stereocenters. The molecule has 30 heavy (non-hydrogen) atoms. The number of halogens is 1. The maximum atomic E-state index is 12.8. The smallest absolute Gasteiger partial charge is 0.229 e. The lowest BCUT2D eigenvalue weighted by molar-refractivity contribution is -0.122. The molecule has 0 bridgehead atoms. The number of nitrogens with one attached hydrogen (secondary N) is 1. The van der Waals surface area contributed by atoms with Crippen LogP contribution in [0.4, 0.5) is 17.1 Å². The Morgan fingerprint density at radius 2 is 1.87 bits per heavy atom. The van der Waals surface area contributed by atoms with Gasteiger partial charge in [0.1, 0.15) is 5.75 Å². The number of ether oxygens (including phenoxy) is 1. The second kappa shape index (κ2) is 8.96. The minimum Gasteiger partial charge on any atom is -0.495 e. The van der Waals surface area contributed by atoms with E-state index in [0.717, 1.165) is 18.8 Å². The van der Waals surface area contributed by atoms with Gasteiger partial charge in [0.2, 0.25) is 11.8 Å². The van der Waals surface area contributed by atoms with Crippen LogP contribution >= 0.6 is 11.6 Å². The number of benzene rings is 2. The molecule has 6 nitrogen and oxygen atoms in total. The molecule has 0 radical (unpaired) electrons. The zero-order chi connectivity index (χ0) is 21.1. The second-order valence-electron chi connectivity index (χ2n) is 7.78. The summed E-state index contributed by atoms with van der Waals surface area (Å²) in [5.74, 6) is -0.0735. The molecule has 1 atom stereocenters. The predicted octanol–water partition coefficient (Wildman–Crippen LogP) is 4.33. The summed E-state index contributed by atoms with van der Waals surface area (Å²) < 4.78 is 5.36. The molecular formula is C23H26ClN3O3. The zero-order valence-corrected chi connectivity index (χ0v) is 17.8. The molecule has 1 N–H and O–H groups in total. The first-order valence-corrected chi connectivity index (χ1v) is 10.7. The fourth-order valence-corrected chi connectivity index (χ4v) is 4.49. The van der Waals surface area contributed by atoms with Gasteiger partial charge in [-0.05, 0) is 49.6 Å². The second-order valence-corrected chi connectivity index (χ2v) is 8.19. The number of hydrogen-bond acceptors (Lipinski definition) is 4. The molecule has 0 spiro atoms. The SMILES string of the molecule is COc1ccccc1N1CC(C(=O)Nc2ccc(N3CCCCC3)c(Cl)c2)CC1=O. The van der Waals surface area contributed by atoms with Gasteiger partial charge in [-0.15, -0.1) is 0 Å². The van der Waals surface area contributed by atoms with Crippen molar-refractivity contribution in [3.63, 3.8) is 0 Å². The lowest BCUT2D eigenvalue weighted by Gasteiger charge is -2.29. The first-order valence-electron chi connectivity index (χ1n) is 10.4. The highest BCUT2D eigenvalue weighted by Crippen LogP contribution is 2.34. The van der Waals surface area contributed by atoms with Crippen molar-refractivity contribution in [1.82, 2.24) is 0 Å². The van der Waals surface area contributed by atoms with Crippen molar-refractivity contribution in [2.24, 2.45) is 5.92 Å². The number of para-hydroxylation sites is 2. The maximum absolute atomic E-state index is 12.8. The third kappa shape index (κ3) is 4.24. The summed E-state index contributed by atoms with van der Waals surface area (Å²) in [6.45, 7) is 2.34. The van der Waals surface area contributed by atoms with Crippen LogP contribution in [0.1, 0.15) is 25.7 Å². The predicted molar refractivity (Wildman–Crippen MR) is 120 cm³/mol. The van der Waals surface area contributed by atoms with Gasteiger partial charge in [0.15, 0.2) is 0 Å². The van der Waals surface area contributed by atoms with Crippen LogP contribution in [0.25, 0.3) is 0 Å². The van der Waals surface area contributed by atoms with E-state index < -0.39 is 5.92 Å². The van der Waals surface area contributed by atoms with E-state index in [1.165, 1.54) is 19.3 Å². The topological polar surface area (TPSA) is 61.9 Å². The zero-order valence-electron chi connectivity index (χ0n) is 17.1. The highest BCUT2D eigenvalue weighted by molar-refractivity contribution is 6.33. The number of hydrogen-bond donors (Lipinski definition) is 1. The number of methoxy groups -OCH3 is 1. The summed E-state index contributed by atoms with van der Waals surface area (Å²) in [6, 6.07) is 13.0. The van der Waals surface area contributed by atoms with E-state index in [1.54, 1.807) is 18.1 Å². The molecule has 7 heteroatoms. The number of rotatable bonds is 5. The number of carbonyl (C=O) groups excluding carboxylic acids is 2. The van der Waals surface area contributed by atoms with Crippen molar-refractivity contribution in [2.45, 2.75) is 25.7 Å². The molecular weight excluding hydrogens is 402 g/mol. The van der Waals surface area contributed by atoms with Gasteiger partial charge in [-0.3, -0.25) is 9.59 Å². The first kappa shape index (κ1) is 20.5. The van der Waals surface area contributed by atoms with E-state index in [-0.39, 0.29) is 18.2 Å². The van der Waals surface area contributed by atoms with E-state index in [4.69, 9.17) is 16.3 Å². The summed E-state index contributed by atoms with van der Waals surface area (Å²) >= 11 is 6.50. The normalized spacial score (nSPS) is 19.1. The highest BCUT2D eigenvalue weighted by Gasteiger charge is 2.36. The lowest BCUT2D eigenvalue weighted by atomic mass is 10.1. The van der Waals surface area contributed by atoms with E-state index in [0.29, 0.717) is 28.7 Å². The number of amides is 2. The quantitative estimate of drug-likeness (QED) is 0.771. The Bertz CT molecular complexity index is 943. The van der Waals surface area contributed by atoms with Gasteiger partial charge in [0.25, 0.3) is 0 Å². The summed E-state index contributed by atoms with van der Waals surface area (Å²) in [5.41, 5.74) is 2.34. The van der Waals surface area contributed by atoms with E-state index in [1.807, 2.05) is 36.4 Å². The minimum atomic E-state index is -0.428. The molecule has 2 saturated heterocycles. The standard InChI is InChI=1S/C23H26ClN3O3/c1-30-21-8-4-3-7-20(21)27-15-16(13-22(27)28)23(29)25-17-9-10-19(18(24)14-17)26-11-5-2-6-12-26/h3-4,7-10,14,16H,2,5-6,11-13,15H2,1H3,(H,25,29). The molecule has 2 aromatic carbocycles. The van der Waals surface area contributed by atoms with Crippen LogP contribution in [0, 0.1) is 5.92 Å². The Labute approximate surface area is 181 Å². The molecule has 2 amide bonds. The minimum absolute atomic E-state index is 0.0851. The Morgan fingerprint density at radius 3 is 2.60 bits per heavy atom. The van der Waals surface area contributed by atoms with Crippen LogP contribution in [0.5, 0.6) is 5.75 Å². The average molecular weight is 428 g/mol. The third-order valence-electron chi connectivity index (χ3n) is 5.78. The van der Waals surface area contributed by atoms with Gasteiger partial charge < -0.3 is 19.9 Å². The van der Waals surface area contributed by atoms with Crippen molar-refractivity contribution in [2.75, 3.05) is 41.9 Å². The molecule has 2 aromatic rings. The van der Waals surface area contributed by atoms with Gasteiger partial charge in [-0.1, -0.05) is 23.7 Å². The molecule has 2 heterocycles. The van der Waals surface area contributed by atoms with Crippen LogP contribution in [0.15, 0.2) is 42.5 Å². The maximum Gasteiger partial charge on any atom is 0.229 e. The van der Waals surface area contributed by atoms with Gasteiger partial charge in [-0.2, -0.15) is 0 Å². The van der Waals surface area contributed by atoms with Crippen molar-refractivity contribution in [1.29, 1.82) is 0 Å². The monoisotopic (exact) mass is 427 g/mol. The third-order valence-corrected chi connectivity index (χ3v) is 6.09. The van der Waals surface area contributed by atoms with Crippen LogP contribution < -0.4 is 19.9 Å². The molecule has 158 valence electrons. The van der Waals surface area contributed by atoms with Gasteiger partial charge in [0, 0.05) is 31.7 Å². The van der Waals surface area contributed by atoms with Gasteiger partial charge >= 0.3 is 0 Å². The molecule has 2 aliphatic rings. The van der Waals surface area contributed by atoms with Crippen LogP contribution in [0.3, 0.4) is 0 Å². The van der Waals surface area contributed by atoms with Crippen LogP contribution in [-0.2, 0) is 9.59 Å². The molecule has 2 fully saturated rings. The average Bonchev–Trinajstić information content (AvgIpc) is 3.16. The molecule has 0 saturated carbocycles. The van der Waals surface area contributed by atoms with Gasteiger partial charge in [-0.25, -0.2) is 0 Å². The summed E-state index contributed by atoms with van der Waals surface area (Å²) in [7, 11) is 1.57.